The Bertz CT molecular complexity index is 1190. The van der Waals surface area contributed by atoms with E-state index in [9.17, 15) is 18.4 Å². The van der Waals surface area contributed by atoms with Crippen LogP contribution in [0.4, 0.5) is 13.2 Å². The molecule has 3 aromatic heterocycles. The van der Waals surface area contributed by atoms with E-state index in [2.05, 4.69) is 26.0 Å². The third-order valence-corrected chi connectivity index (χ3v) is 3.88. The number of rotatable bonds is 2. The molecular weight excluding hydrogens is 357 g/mol. The number of fused-ring (bicyclic) bond motifs is 1. The van der Waals surface area contributed by atoms with E-state index in [-0.39, 0.29) is 11.6 Å². The minimum absolute atomic E-state index is 0.105. The predicted molar refractivity (Wildman–Crippen MR) is 89.2 cm³/mol. The van der Waals surface area contributed by atoms with Crippen molar-refractivity contribution in [1.29, 1.82) is 5.26 Å². The van der Waals surface area contributed by atoms with Crippen molar-refractivity contribution in [3.63, 3.8) is 0 Å². The van der Waals surface area contributed by atoms with Gasteiger partial charge in [0.1, 0.15) is 11.4 Å². The summed E-state index contributed by atoms with van der Waals surface area (Å²) < 4.78 is 39.8. The zero-order valence-corrected chi connectivity index (χ0v) is 13.5. The lowest BCUT2D eigenvalue weighted by Crippen LogP contribution is -2.09. The number of nitriles is 1. The molecule has 0 aliphatic rings. The summed E-state index contributed by atoms with van der Waals surface area (Å²) in [4.78, 5) is 16.1. The molecule has 3 heterocycles. The summed E-state index contributed by atoms with van der Waals surface area (Å²) in [7, 11) is 0. The molecule has 0 aliphatic carbocycles. The van der Waals surface area contributed by atoms with Crippen LogP contribution in [0.25, 0.3) is 28.6 Å². The Balaban J connectivity index is 1.82. The highest BCUT2D eigenvalue weighted by molar-refractivity contribution is 5.68. The zero-order chi connectivity index (χ0) is 19.0. The van der Waals surface area contributed by atoms with Gasteiger partial charge in [-0.25, -0.2) is 19.9 Å². The molecule has 0 amide bonds. The molecule has 0 atom stereocenters. The number of alkyl halides is 3. The molecule has 6 nitrogen and oxygen atoms in total. The topological polar surface area (TPSA) is 79.8 Å². The number of hydrogen-bond acceptors (Lipinski definition) is 5. The second-order valence-corrected chi connectivity index (χ2v) is 5.55. The molecule has 0 fully saturated rings. The van der Waals surface area contributed by atoms with Crippen molar-refractivity contribution in [1.82, 2.24) is 24.3 Å². The number of nitrogens with zero attached hydrogens (tertiary/aromatic N) is 6. The van der Waals surface area contributed by atoms with Crippen molar-refractivity contribution in [2.45, 2.75) is 6.18 Å². The minimum Gasteiger partial charge on any atom is -0.281 e. The number of benzene rings is 1. The molecule has 0 saturated heterocycles. The van der Waals surface area contributed by atoms with Gasteiger partial charge in [-0.2, -0.15) is 18.4 Å². The zero-order valence-electron chi connectivity index (χ0n) is 13.5. The lowest BCUT2D eigenvalue weighted by atomic mass is 10.1. The second-order valence-electron chi connectivity index (χ2n) is 5.55. The van der Waals surface area contributed by atoms with Crippen LogP contribution in [0.2, 0.25) is 0 Å². The van der Waals surface area contributed by atoms with E-state index in [0.29, 0.717) is 22.5 Å². The van der Waals surface area contributed by atoms with E-state index in [4.69, 9.17) is 0 Å². The van der Waals surface area contributed by atoms with Crippen LogP contribution in [-0.4, -0.2) is 24.3 Å². The van der Waals surface area contributed by atoms with Crippen LogP contribution in [0.1, 0.15) is 11.3 Å². The van der Waals surface area contributed by atoms with Gasteiger partial charge >= 0.3 is 6.18 Å². The van der Waals surface area contributed by atoms with Crippen molar-refractivity contribution >= 4 is 5.78 Å². The molecule has 9 heteroatoms. The highest BCUT2D eigenvalue weighted by atomic mass is 19.4. The van der Waals surface area contributed by atoms with Gasteiger partial charge in [-0.15, -0.1) is 0 Å². The molecule has 0 saturated carbocycles. The molecular formula is C18H9F3N6. The fourth-order valence-corrected chi connectivity index (χ4v) is 2.63. The molecule has 0 N–H and O–H groups in total. The van der Waals surface area contributed by atoms with Crippen LogP contribution in [-0.2, 0) is 6.18 Å². The summed E-state index contributed by atoms with van der Waals surface area (Å²) in [6.07, 6.45) is -0.446. The maximum absolute atomic E-state index is 12.8. The lowest BCUT2D eigenvalue weighted by Gasteiger charge is -2.07. The summed E-state index contributed by atoms with van der Waals surface area (Å²) in [6.45, 7) is 0. The van der Waals surface area contributed by atoms with Gasteiger partial charge in [0.15, 0.2) is 5.82 Å². The smallest absolute Gasteiger partial charge is 0.281 e. The standard InChI is InChI=1S/C18H9F3N6/c19-18(20,21)15-6-8-27-14(10-24-17(27)26-15)16-23-7-5-13(25-16)12-4-2-1-3-11(12)9-22/h1-8,10H. The van der Waals surface area contributed by atoms with Crippen LogP contribution in [0.15, 0.2) is 55.0 Å². The monoisotopic (exact) mass is 366 g/mol. The predicted octanol–water partition coefficient (Wildman–Crippen LogP) is 3.74. The van der Waals surface area contributed by atoms with E-state index in [0.717, 1.165) is 6.07 Å². The van der Waals surface area contributed by atoms with Crippen molar-refractivity contribution in [2.24, 2.45) is 0 Å². The van der Waals surface area contributed by atoms with Crippen molar-refractivity contribution < 1.29 is 13.2 Å². The van der Waals surface area contributed by atoms with Gasteiger partial charge in [0.25, 0.3) is 0 Å². The highest BCUT2D eigenvalue weighted by Gasteiger charge is 2.33. The van der Waals surface area contributed by atoms with Crippen molar-refractivity contribution in [2.75, 3.05) is 0 Å². The number of halogens is 3. The van der Waals surface area contributed by atoms with Crippen molar-refractivity contribution in [3.05, 3.63) is 66.2 Å². The fourth-order valence-electron chi connectivity index (χ4n) is 2.63. The van der Waals surface area contributed by atoms with Gasteiger partial charge in [0, 0.05) is 18.0 Å². The Labute approximate surface area is 150 Å². The molecule has 0 radical (unpaired) electrons. The summed E-state index contributed by atoms with van der Waals surface area (Å²) in [6, 6.07) is 11.6. The van der Waals surface area contributed by atoms with Gasteiger partial charge in [0.2, 0.25) is 5.78 Å². The largest absolute Gasteiger partial charge is 0.433 e. The van der Waals surface area contributed by atoms with Gasteiger partial charge in [-0.1, -0.05) is 18.2 Å². The first kappa shape index (κ1) is 16.7. The Morgan fingerprint density at radius 2 is 1.81 bits per heavy atom. The first-order valence-corrected chi connectivity index (χ1v) is 7.71. The van der Waals surface area contributed by atoms with Gasteiger partial charge in [0.05, 0.1) is 23.5 Å². The average Bonchev–Trinajstić information content (AvgIpc) is 3.10. The van der Waals surface area contributed by atoms with E-state index >= 15 is 0 Å². The molecule has 0 aliphatic heterocycles. The van der Waals surface area contributed by atoms with Crippen LogP contribution < -0.4 is 0 Å². The number of aromatic nitrogens is 5. The molecule has 0 spiro atoms. The Morgan fingerprint density at radius 3 is 2.59 bits per heavy atom. The summed E-state index contributed by atoms with van der Waals surface area (Å²) in [5.74, 6) is 0.153. The number of imidazole rings is 1. The Kier molecular flexibility index (Phi) is 3.81. The fraction of sp³-hybridized carbons (Fsp3) is 0.0556. The van der Waals surface area contributed by atoms with Crippen LogP contribution in [0.3, 0.4) is 0 Å². The van der Waals surface area contributed by atoms with E-state index in [1.165, 1.54) is 23.0 Å². The summed E-state index contributed by atoms with van der Waals surface area (Å²) in [5.41, 5.74) is 0.978. The minimum atomic E-state index is -4.55. The second kappa shape index (κ2) is 6.17. The maximum Gasteiger partial charge on any atom is 0.433 e. The molecule has 4 aromatic rings. The summed E-state index contributed by atoms with van der Waals surface area (Å²) >= 11 is 0. The van der Waals surface area contributed by atoms with E-state index in [1.807, 2.05) is 0 Å². The Hall–Kier alpha value is -3.80. The third kappa shape index (κ3) is 2.97. The lowest BCUT2D eigenvalue weighted by molar-refractivity contribution is -0.141. The molecule has 27 heavy (non-hydrogen) atoms. The highest BCUT2D eigenvalue weighted by Crippen LogP contribution is 2.29. The number of hydrogen-bond donors (Lipinski definition) is 0. The molecule has 0 bridgehead atoms. The van der Waals surface area contributed by atoms with Gasteiger partial charge in [-0.05, 0) is 18.2 Å². The van der Waals surface area contributed by atoms with Crippen molar-refractivity contribution in [3.8, 4) is 28.8 Å². The SMILES string of the molecule is N#Cc1ccccc1-c1ccnc(-c2cnc3nc(C(F)(F)F)ccn23)n1. The molecule has 1 aromatic carbocycles. The molecule has 0 unspecified atom stereocenters. The van der Waals surface area contributed by atoms with E-state index < -0.39 is 11.9 Å². The molecule has 4 rings (SSSR count). The van der Waals surface area contributed by atoms with Gasteiger partial charge in [-0.3, -0.25) is 4.40 Å². The first-order chi connectivity index (χ1) is 13.0. The molecule has 132 valence electrons. The quantitative estimate of drug-likeness (QED) is 0.540. The van der Waals surface area contributed by atoms with E-state index in [1.54, 1.807) is 30.3 Å². The van der Waals surface area contributed by atoms with Crippen LogP contribution in [0.5, 0.6) is 0 Å². The maximum atomic E-state index is 12.8. The normalized spacial score (nSPS) is 11.5. The van der Waals surface area contributed by atoms with Crippen LogP contribution in [0, 0.1) is 11.3 Å². The van der Waals surface area contributed by atoms with Crippen LogP contribution >= 0.6 is 0 Å². The summed E-state index contributed by atoms with van der Waals surface area (Å²) in [5, 5.41) is 9.26. The first-order valence-electron chi connectivity index (χ1n) is 7.71. The average molecular weight is 366 g/mol. The Morgan fingerprint density at radius 1 is 1.00 bits per heavy atom. The van der Waals surface area contributed by atoms with Gasteiger partial charge < -0.3 is 0 Å². The third-order valence-electron chi connectivity index (χ3n) is 3.88.